The molecule has 1 aromatic rings. The summed E-state index contributed by atoms with van der Waals surface area (Å²) in [6, 6.07) is 8.04. The Hall–Kier alpha value is -1.84. The molecule has 0 spiro atoms. The fraction of sp³-hybridized carbons (Fsp3) is 0.500. The maximum atomic E-state index is 12.0. The minimum absolute atomic E-state index is 0.357. The number of carbonyl (C=O) groups excluding carboxylic acids is 1. The third-order valence-corrected chi connectivity index (χ3v) is 4.15. The Morgan fingerprint density at radius 1 is 1.25 bits per heavy atom. The van der Waals surface area contributed by atoms with Gasteiger partial charge in [-0.25, -0.2) is 0 Å². The highest BCUT2D eigenvalue weighted by atomic mass is 16.4. The van der Waals surface area contributed by atoms with E-state index in [1.807, 2.05) is 24.3 Å². The Labute approximate surface area is 119 Å². The van der Waals surface area contributed by atoms with Gasteiger partial charge in [-0.3, -0.25) is 9.59 Å². The van der Waals surface area contributed by atoms with Crippen molar-refractivity contribution in [3.05, 3.63) is 35.4 Å². The number of nitrogens with one attached hydrogen (secondary N) is 1. The largest absolute Gasteiger partial charge is 0.480 e. The fourth-order valence-corrected chi connectivity index (χ4v) is 2.44. The number of rotatable bonds is 5. The number of carbonyl (C=O) groups is 2. The summed E-state index contributed by atoms with van der Waals surface area (Å²) in [5, 5.41) is 11.9. The minimum Gasteiger partial charge on any atom is -0.480 e. The van der Waals surface area contributed by atoms with Crippen LogP contribution in [0.2, 0.25) is 0 Å². The third-order valence-electron chi connectivity index (χ3n) is 4.15. The highest BCUT2D eigenvalue weighted by Gasteiger charge is 2.50. The van der Waals surface area contributed by atoms with Crippen LogP contribution in [0.4, 0.5) is 0 Å². The molecule has 1 saturated carbocycles. The SMILES string of the molecule is CC(C)c1ccc(CNC(=O)C2(C(=O)O)CCC2)cc1. The zero-order valence-corrected chi connectivity index (χ0v) is 12.0. The van der Waals surface area contributed by atoms with Crippen LogP contribution in [0.25, 0.3) is 0 Å². The predicted molar refractivity (Wildman–Crippen MR) is 76.3 cm³/mol. The summed E-state index contributed by atoms with van der Waals surface area (Å²) in [6.07, 6.45) is 1.70. The molecule has 1 aliphatic carbocycles. The summed E-state index contributed by atoms with van der Waals surface area (Å²) in [4.78, 5) is 23.3. The maximum absolute atomic E-state index is 12.0. The van der Waals surface area contributed by atoms with Gasteiger partial charge in [0.1, 0.15) is 5.41 Å². The van der Waals surface area contributed by atoms with E-state index >= 15 is 0 Å². The van der Waals surface area contributed by atoms with Crippen molar-refractivity contribution in [1.29, 1.82) is 0 Å². The summed E-state index contributed by atoms with van der Waals surface area (Å²) >= 11 is 0. The van der Waals surface area contributed by atoms with E-state index in [-0.39, 0.29) is 5.91 Å². The number of aliphatic carboxylic acids is 1. The van der Waals surface area contributed by atoms with E-state index in [0.29, 0.717) is 25.3 Å². The van der Waals surface area contributed by atoms with Gasteiger partial charge < -0.3 is 10.4 Å². The van der Waals surface area contributed by atoms with Crippen LogP contribution >= 0.6 is 0 Å². The van der Waals surface area contributed by atoms with Crippen LogP contribution in [-0.2, 0) is 16.1 Å². The summed E-state index contributed by atoms with van der Waals surface area (Å²) in [7, 11) is 0. The fourth-order valence-electron chi connectivity index (χ4n) is 2.44. The quantitative estimate of drug-likeness (QED) is 0.812. The van der Waals surface area contributed by atoms with Crippen molar-refractivity contribution in [3.63, 3.8) is 0 Å². The third kappa shape index (κ3) is 2.69. The van der Waals surface area contributed by atoms with E-state index in [0.717, 1.165) is 12.0 Å². The lowest BCUT2D eigenvalue weighted by Crippen LogP contribution is -2.50. The molecule has 20 heavy (non-hydrogen) atoms. The number of hydrogen-bond donors (Lipinski definition) is 2. The topological polar surface area (TPSA) is 66.4 Å². The lowest BCUT2D eigenvalue weighted by molar-refractivity contribution is -0.162. The van der Waals surface area contributed by atoms with Crippen molar-refractivity contribution in [3.8, 4) is 0 Å². The molecule has 0 unspecified atom stereocenters. The molecule has 0 saturated heterocycles. The first-order valence-corrected chi connectivity index (χ1v) is 7.06. The second-order valence-corrected chi connectivity index (χ2v) is 5.82. The lowest BCUT2D eigenvalue weighted by atomic mass is 9.68. The van der Waals surface area contributed by atoms with E-state index in [9.17, 15) is 14.7 Å². The lowest BCUT2D eigenvalue weighted by Gasteiger charge is -2.35. The summed E-state index contributed by atoms with van der Waals surface area (Å²) in [6.45, 7) is 4.64. The highest BCUT2D eigenvalue weighted by Crippen LogP contribution is 2.41. The monoisotopic (exact) mass is 275 g/mol. The minimum atomic E-state index is -1.18. The number of hydrogen-bond acceptors (Lipinski definition) is 2. The second kappa shape index (κ2) is 5.65. The van der Waals surface area contributed by atoms with Gasteiger partial charge in [0.15, 0.2) is 0 Å². The second-order valence-electron chi connectivity index (χ2n) is 5.82. The van der Waals surface area contributed by atoms with Gasteiger partial charge in [0, 0.05) is 6.54 Å². The van der Waals surface area contributed by atoms with Crippen LogP contribution in [0.5, 0.6) is 0 Å². The Morgan fingerprint density at radius 2 is 1.85 bits per heavy atom. The first kappa shape index (κ1) is 14.6. The van der Waals surface area contributed by atoms with E-state index in [4.69, 9.17) is 0 Å². The van der Waals surface area contributed by atoms with E-state index in [1.165, 1.54) is 5.56 Å². The van der Waals surface area contributed by atoms with Crippen molar-refractivity contribution < 1.29 is 14.7 Å². The van der Waals surface area contributed by atoms with E-state index < -0.39 is 11.4 Å². The molecule has 4 nitrogen and oxygen atoms in total. The van der Waals surface area contributed by atoms with Crippen molar-refractivity contribution in [1.82, 2.24) is 5.32 Å². The summed E-state index contributed by atoms with van der Waals surface area (Å²) in [5.41, 5.74) is 1.06. The molecule has 0 aromatic heterocycles. The van der Waals surface area contributed by atoms with Crippen molar-refractivity contribution >= 4 is 11.9 Å². The van der Waals surface area contributed by atoms with Crippen molar-refractivity contribution in [2.45, 2.75) is 45.6 Å². The molecule has 1 fully saturated rings. The molecule has 1 aromatic carbocycles. The molecular formula is C16H21NO3. The van der Waals surface area contributed by atoms with Gasteiger partial charge in [0.05, 0.1) is 0 Å². The molecule has 2 rings (SSSR count). The van der Waals surface area contributed by atoms with Gasteiger partial charge >= 0.3 is 5.97 Å². The van der Waals surface area contributed by atoms with Crippen LogP contribution in [0, 0.1) is 5.41 Å². The van der Waals surface area contributed by atoms with Crippen molar-refractivity contribution in [2.24, 2.45) is 5.41 Å². The van der Waals surface area contributed by atoms with Gasteiger partial charge in [0.2, 0.25) is 5.91 Å². The Kier molecular flexibility index (Phi) is 4.12. The van der Waals surface area contributed by atoms with Crippen LogP contribution in [0.1, 0.15) is 50.2 Å². The zero-order valence-electron chi connectivity index (χ0n) is 12.0. The molecule has 0 bridgehead atoms. The summed E-state index contributed by atoms with van der Waals surface area (Å²) < 4.78 is 0. The number of carboxylic acid groups (broad SMARTS) is 1. The normalized spacial score (nSPS) is 16.6. The molecule has 4 heteroatoms. The standard InChI is InChI=1S/C16H21NO3/c1-11(2)13-6-4-12(5-7-13)10-17-14(18)16(15(19)20)8-3-9-16/h4-7,11H,3,8-10H2,1-2H3,(H,17,18)(H,19,20). The van der Waals surface area contributed by atoms with Gasteiger partial charge in [-0.1, -0.05) is 44.5 Å². The first-order valence-electron chi connectivity index (χ1n) is 7.06. The molecule has 1 amide bonds. The molecule has 0 aliphatic heterocycles. The van der Waals surface area contributed by atoms with Gasteiger partial charge in [-0.15, -0.1) is 0 Å². The molecule has 1 aliphatic rings. The number of benzene rings is 1. The van der Waals surface area contributed by atoms with Crippen LogP contribution in [0.15, 0.2) is 24.3 Å². The van der Waals surface area contributed by atoms with E-state index in [2.05, 4.69) is 19.2 Å². The predicted octanol–water partition coefficient (Wildman–Crippen LogP) is 2.68. The molecule has 0 heterocycles. The summed E-state index contributed by atoms with van der Waals surface area (Å²) in [5.74, 6) is -0.885. The van der Waals surface area contributed by atoms with Crippen LogP contribution in [-0.4, -0.2) is 17.0 Å². The molecule has 0 radical (unpaired) electrons. The maximum Gasteiger partial charge on any atom is 0.319 e. The first-order chi connectivity index (χ1) is 9.45. The Morgan fingerprint density at radius 3 is 2.25 bits per heavy atom. The van der Waals surface area contributed by atoms with Gasteiger partial charge in [-0.05, 0) is 29.9 Å². The Bertz CT molecular complexity index is 501. The average molecular weight is 275 g/mol. The smallest absolute Gasteiger partial charge is 0.319 e. The van der Waals surface area contributed by atoms with Gasteiger partial charge in [-0.2, -0.15) is 0 Å². The number of carboxylic acids is 1. The van der Waals surface area contributed by atoms with Crippen molar-refractivity contribution in [2.75, 3.05) is 0 Å². The van der Waals surface area contributed by atoms with Crippen LogP contribution in [0.3, 0.4) is 0 Å². The Balaban J connectivity index is 1.95. The molecule has 2 N–H and O–H groups in total. The number of amides is 1. The average Bonchev–Trinajstić information content (AvgIpc) is 2.35. The molecule has 0 atom stereocenters. The molecular weight excluding hydrogens is 254 g/mol. The highest BCUT2D eigenvalue weighted by molar-refractivity contribution is 6.02. The zero-order chi connectivity index (χ0) is 14.8. The van der Waals surface area contributed by atoms with Gasteiger partial charge in [0.25, 0.3) is 0 Å². The molecule has 108 valence electrons. The van der Waals surface area contributed by atoms with Crippen LogP contribution < -0.4 is 5.32 Å². The van der Waals surface area contributed by atoms with E-state index in [1.54, 1.807) is 0 Å².